The summed E-state index contributed by atoms with van der Waals surface area (Å²) >= 11 is 3.68. The van der Waals surface area contributed by atoms with Crippen molar-refractivity contribution in [3.8, 4) is 5.75 Å². The van der Waals surface area contributed by atoms with E-state index in [4.69, 9.17) is 10.5 Å². The first kappa shape index (κ1) is 15.6. The first-order chi connectivity index (χ1) is 10.5. The first-order valence-corrected chi connectivity index (χ1v) is 8.55. The lowest BCUT2D eigenvalue weighted by Gasteiger charge is -2.22. The van der Waals surface area contributed by atoms with E-state index in [1.54, 1.807) is 0 Å². The van der Waals surface area contributed by atoms with Crippen LogP contribution in [0.15, 0.2) is 46.9 Å². The number of nitrogens with two attached hydrogens (primary N) is 1. The fourth-order valence-electron chi connectivity index (χ4n) is 3.07. The molecule has 22 heavy (non-hydrogen) atoms. The van der Waals surface area contributed by atoms with Crippen molar-refractivity contribution in [2.75, 3.05) is 0 Å². The van der Waals surface area contributed by atoms with Crippen LogP contribution in [-0.2, 0) is 12.0 Å². The summed E-state index contributed by atoms with van der Waals surface area (Å²) in [5.74, 6) is 0.924. The summed E-state index contributed by atoms with van der Waals surface area (Å²) in [6, 6.07) is 14.8. The molecule has 1 saturated carbocycles. The van der Waals surface area contributed by atoms with Gasteiger partial charge in [0.25, 0.3) is 0 Å². The Balaban J connectivity index is 1.82. The average molecular weight is 360 g/mol. The minimum absolute atomic E-state index is 0.172. The van der Waals surface area contributed by atoms with Gasteiger partial charge in [0.05, 0.1) is 4.47 Å². The molecule has 2 N–H and O–H groups in total. The van der Waals surface area contributed by atoms with E-state index in [9.17, 15) is 0 Å². The molecular weight excluding hydrogens is 338 g/mol. The molecule has 3 rings (SSSR count). The summed E-state index contributed by atoms with van der Waals surface area (Å²) < 4.78 is 7.04. The van der Waals surface area contributed by atoms with E-state index < -0.39 is 0 Å². The van der Waals surface area contributed by atoms with Crippen molar-refractivity contribution >= 4 is 15.9 Å². The van der Waals surface area contributed by atoms with Gasteiger partial charge in [-0.15, -0.1) is 0 Å². The number of aryl methyl sites for hydroxylation is 1. The minimum Gasteiger partial charge on any atom is -0.487 e. The topological polar surface area (TPSA) is 35.2 Å². The Labute approximate surface area is 140 Å². The van der Waals surface area contributed by atoms with Gasteiger partial charge in [-0.3, -0.25) is 0 Å². The third-order valence-corrected chi connectivity index (χ3v) is 5.28. The first-order valence-electron chi connectivity index (χ1n) is 7.76. The molecule has 0 radical (unpaired) electrons. The molecule has 3 heteroatoms. The molecule has 0 aliphatic heterocycles. The molecule has 0 spiro atoms. The van der Waals surface area contributed by atoms with Crippen LogP contribution in [0.3, 0.4) is 0 Å². The second kappa shape index (κ2) is 6.05. The quantitative estimate of drug-likeness (QED) is 0.838. The highest BCUT2D eigenvalue weighted by atomic mass is 79.9. The molecule has 2 aromatic rings. The van der Waals surface area contributed by atoms with E-state index in [1.165, 1.54) is 24.0 Å². The molecule has 1 atom stereocenters. The van der Waals surface area contributed by atoms with Crippen molar-refractivity contribution in [3.05, 3.63) is 63.6 Å². The lowest BCUT2D eigenvalue weighted by atomic mass is 9.88. The number of ether oxygens (including phenoxy) is 1. The smallest absolute Gasteiger partial charge is 0.136 e. The third-order valence-electron chi connectivity index (χ3n) is 4.69. The molecule has 1 fully saturated rings. The molecule has 116 valence electrons. The van der Waals surface area contributed by atoms with Crippen molar-refractivity contribution in [2.24, 2.45) is 5.73 Å². The van der Waals surface area contributed by atoms with Crippen molar-refractivity contribution in [3.63, 3.8) is 0 Å². The SMILES string of the molecule is Cc1cc(C2(C(C)N)CC2)cc(Br)c1OCc1ccccc1. The second-order valence-electron chi connectivity index (χ2n) is 6.32. The van der Waals surface area contributed by atoms with E-state index in [2.05, 4.69) is 54.0 Å². The van der Waals surface area contributed by atoms with Gasteiger partial charge in [-0.25, -0.2) is 0 Å². The van der Waals surface area contributed by atoms with Gasteiger partial charge in [-0.05, 0) is 65.4 Å². The maximum absolute atomic E-state index is 6.19. The summed E-state index contributed by atoms with van der Waals surface area (Å²) in [4.78, 5) is 0. The normalized spacial score (nSPS) is 17.1. The minimum atomic E-state index is 0.172. The van der Waals surface area contributed by atoms with E-state index >= 15 is 0 Å². The zero-order valence-corrected chi connectivity index (χ0v) is 14.7. The van der Waals surface area contributed by atoms with Crippen molar-refractivity contribution in [2.45, 2.75) is 44.8 Å². The van der Waals surface area contributed by atoms with E-state index in [1.807, 2.05) is 18.2 Å². The van der Waals surface area contributed by atoms with Crippen LogP contribution in [0.25, 0.3) is 0 Å². The highest BCUT2D eigenvalue weighted by Crippen LogP contribution is 2.51. The predicted octanol–water partition coefficient (Wildman–Crippen LogP) is 4.72. The molecule has 0 heterocycles. The summed E-state index contributed by atoms with van der Waals surface area (Å²) in [5.41, 5.74) is 10.0. The highest BCUT2D eigenvalue weighted by molar-refractivity contribution is 9.10. The Bertz CT molecular complexity index is 639. The Kier molecular flexibility index (Phi) is 4.28. The van der Waals surface area contributed by atoms with Gasteiger partial charge >= 0.3 is 0 Å². The molecule has 0 saturated heterocycles. The zero-order valence-electron chi connectivity index (χ0n) is 13.1. The third kappa shape index (κ3) is 2.92. The molecule has 2 nitrogen and oxygen atoms in total. The van der Waals surface area contributed by atoms with Crippen LogP contribution in [0.5, 0.6) is 5.75 Å². The van der Waals surface area contributed by atoms with Gasteiger partial charge in [0.1, 0.15) is 12.4 Å². The van der Waals surface area contributed by atoms with Crippen molar-refractivity contribution in [1.29, 1.82) is 0 Å². The van der Waals surface area contributed by atoms with Gasteiger partial charge in [0.15, 0.2) is 0 Å². The van der Waals surface area contributed by atoms with Crippen molar-refractivity contribution in [1.82, 2.24) is 0 Å². The molecule has 1 aliphatic rings. The summed E-state index contributed by atoms with van der Waals surface area (Å²) in [5, 5.41) is 0. The molecule has 0 bridgehead atoms. The van der Waals surface area contributed by atoms with E-state index in [0.717, 1.165) is 15.8 Å². The largest absolute Gasteiger partial charge is 0.487 e. The Hall–Kier alpha value is -1.32. The van der Waals surface area contributed by atoms with Crippen LogP contribution in [0.1, 0.15) is 36.5 Å². The highest BCUT2D eigenvalue weighted by Gasteiger charge is 2.47. The number of hydrogen-bond donors (Lipinski definition) is 1. The number of rotatable bonds is 5. The van der Waals surface area contributed by atoms with Crippen LogP contribution in [0.2, 0.25) is 0 Å². The molecule has 2 aromatic carbocycles. The molecule has 1 unspecified atom stereocenters. The standard InChI is InChI=1S/C19H22BrNO/c1-13-10-16(19(8-9-19)14(2)21)11-17(20)18(13)22-12-15-6-4-3-5-7-15/h3-7,10-11,14H,8-9,12,21H2,1-2H3. The van der Waals surface area contributed by atoms with Gasteiger partial charge in [-0.1, -0.05) is 36.4 Å². The van der Waals surface area contributed by atoms with Gasteiger partial charge in [0.2, 0.25) is 0 Å². The van der Waals surface area contributed by atoms with Crippen LogP contribution in [0, 0.1) is 6.92 Å². The summed E-state index contributed by atoms with van der Waals surface area (Å²) in [6.07, 6.45) is 2.36. The van der Waals surface area contributed by atoms with E-state index in [0.29, 0.717) is 6.61 Å². The predicted molar refractivity (Wildman–Crippen MR) is 94.2 cm³/mol. The number of halogens is 1. The molecule has 1 aliphatic carbocycles. The fraction of sp³-hybridized carbons (Fsp3) is 0.368. The van der Waals surface area contributed by atoms with Crippen LogP contribution >= 0.6 is 15.9 Å². The maximum Gasteiger partial charge on any atom is 0.136 e. The Morgan fingerprint density at radius 1 is 1.23 bits per heavy atom. The molecule has 0 amide bonds. The zero-order chi connectivity index (χ0) is 15.7. The van der Waals surface area contributed by atoms with Crippen LogP contribution < -0.4 is 10.5 Å². The molecular formula is C19H22BrNO. The Morgan fingerprint density at radius 2 is 1.91 bits per heavy atom. The Morgan fingerprint density at radius 3 is 2.45 bits per heavy atom. The number of hydrogen-bond acceptors (Lipinski definition) is 2. The molecule has 0 aromatic heterocycles. The number of benzene rings is 2. The monoisotopic (exact) mass is 359 g/mol. The van der Waals surface area contributed by atoms with Gasteiger partial charge < -0.3 is 10.5 Å². The van der Waals surface area contributed by atoms with Crippen LogP contribution in [-0.4, -0.2) is 6.04 Å². The van der Waals surface area contributed by atoms with Crippen molar-refractivity contribution < 1.29 is 4.74 Å². The summed E-state index contributed by atoms with van der Waals surface area (Å²) in [6.45, 7) is 4.79. The van der Waals surface area contributed by atoms with E-state index in [-0.39, 0.29) is 11.5 Å². The maximum atomic E-state index is 6.19. The van der Waals surface area contributed by atoms with Crippen LogP contribution in [0.4, 0.5) is 0 Å². The fourth-order valence-corrected chi connectivity index (χ4v) is 3.75. The average Bonchev–Trinajstić information content (AvgIpc) is 3.29. The second-order valence-corrected chi connectivity index (χ2v) is 7.18. The lowest BCUT2D eigenvalue weighted by molar-refractivity contribution is 0.302. The lowest BCUT2D eigenvalue weighted by Crippen LogP contribution is -2.31. The summed E-state index contributed by atoms with van der Waals surface area (Å²) in [7, 11) is 0. The van der Waals surface area contributed by atoms with Gasteiger partial charge in [-0.2, -0.15) is 0 Å². The van der Waals surface area contributed by atoms with Gasteiger partial charge in [0, 0.05) is 11.5 Å².